The fourth-order valence-electron chi connectivity index (χ4n) is 2.38. The molecule has 0 radical (unpaired) electrons. The van der Waals surface area contributed by atoms with Gasteiger partial charge in [0.2, 0.25) is 0 Å². The van der Waals surface area contributed by atoms with Crippen molar-refractivity contribution in [1.82, 2.24) is 0 Å². The highest BCUT2D eigenvalue weighted by Crippen LogP contribution is 2.35. The van der Waals surface area contributed by atoms with Crippen LogP contribution in [0.15, 0.2) is 41.3 Å². The summed E-state index contributed by atoms with van der Waals surface area (Å²) in [7, 11) is -4.12. The van der Waals surface area contributed by atoms with E-state index < -0.39 is 10.1 Å². The van der Waals surface area contributed by atoms with Crippen molar-refractivity contribution in [2.24, 2.45) is 0 Å². The quantitative estimate of drug-likeness (QED) is 0.742. The first kappa shape index (κ1) is 17.9. The zero-order valence-corrected chi connectivity index (χ0v) is 14.9. The van der Waals surface area contributed by atoms with Gasteiger partial charge in [0.15, 0.2) is 23.0 Å². The van der Waals surface area contributed by atoms with E-state index in [4.69, 9.17) is 23.7 Å². The molecule has 0 fully saturated rings. The summed E-state index contributed by atoms with van der Waals surface area (Å²) in [5.74, 6) is 1.05. The highest BCUT2D eigenvalue weighted by molar-refractivity contribution is 7.87. The third kappa shape index (κ3) is 3.83. The lowest BCUT2D eigenvalue weighted by Crippen LogP contribution is -2.11. The van der Waals surface area contributed by atoms with Gasteiger partial charge in [0.1, 0.15) is 4.90 Å². The van der Waals surface area contributed by atoms with Crippen molar-refractivity contribution in [2.75, 3.05) is 19.8 Å². The van der Waals surface area contributed by atoms with E-state index in [0.29, 0.717) is 36.9 Å². The van der Waals surface area contributed by atoms with E-state index in [1.54, 1.807) is 13.0 Å². The van der Waals surface area contributed by atoms with Crippen LogP contribution in [0.2, 0.25) is 0 Å². The SMILES string of the molecule is CCOc1cc(C#N)ccc1OS(=O)(=O)c1ccc2c(c1)OCCCO2. The van der Waals surface area contributed by atoms with Crippen molar-refractivity contribution in [1.29, 1.82) is 5.26 Å². The summed E-state index contributed by atoms with van der Waals surface area (Å²) < 4.78 is 46.9. The second-order valence-corrected chi connectivity index (χ2v) is 6.95. The minimum Gasteiger partial charge on any atom is -0.490 e. The van der Waals surface area contributed by atoms with E-state index in [-0.39, 0.29) is 16.4 Å². The molecule has 0 unspecified atom stereocenters. The highest BCUT2D eigenvalue weighted by atomic mass is 32.2. The molecule has 7 nitrogen and oxygen atoms in total. The standard InChI is InChI=1S/C18H17NO6S/c1-2-22-17-10-13(12-19)4-6-16(17)25-26(20,21)14-5-7-15-18(11-14)24-9-3-8-23-15/h4-7,10-11H,2-3,8-9H2,1H3. The zero-order valence-electron chi connectivity index (χ0n) is 14.1. The van der Waals surface area contributed by atoms with Gasteiger partial charge in [0.25, 0.3) is 0 Å². The van der Waals surface area contributed by atoms with Crippen LogP contribution in [0, 0.1) is 11.3 Å². The molecule has 0 amide bonds. The summed E-state index contributed by atoms with van der Waals surface area (Å²) in [5, 5.41) is 8.98. The number of hydrogen-bond acceptors (Lipinski definition) is 7. The topological polar surface area (TPSA) is 94.9 Å². The number of benzene rings is 2. The summed E-state index contributed by atoms with van der Waals surface area (Å²) in [5.41, 5.74) is 0.341. The smallest absolute Gasteiger partial charge is 0.339 e. The molecule has 0 saturated carbocycles. The Kier molecular flexibility index (Phi) is 5.19. The van der Waals surface area contributed by atoms with Crippen molar-refractivity contribution in [2.45, 2.75) is 18.2 Å². The van der Waals surface area contributed by atoms with E-state index in [1.165, 1.54) is 30.3 Å². The van der Waals surface area contributed by atoms with E-state index in [2.05, 4.69) is 0 Å². The van der Waals surface area contributed by atoms with Crippen molar-refractivity contribution in [3.05, 3.63) is 42.0 Å². The van der Waals surface area contributed by atoms with Crippen LogP contribution in [0.25, 0.3) is 0 Å². The summed E-state index contributed by atoms with van der Waals surface area (Å²) in [6.45, 7) is 3.01. The Hall–Kier alpha value is -2.92. The van der Waals surface area contributed by atoms with Crippen LogP contribution in [0.1, 0.15) is 18.9 Å². The molecular formula is C18H17NO6S. The molecule has 1 aliphatic heterocycles. The summed E-state index contributed by atoms with van der Waals surface area (Å²) in [4.78, 5) is -0.0615. The van der Waals surface area contributed by atoms with Gasteiger partial charge in [0.05, 0.1) is 31.5 Å². The molecule has 0 spiro atoms. The van der Waals surface area contributed by atoms with Crippen LogP contribution in [0.3, 0.4) is 0 Å². The van der Waals surface area contributed by atoms with Crippen LogP contribution in [-0.4, -0.2) is 28.2 Å². The van der Waals surface area contributed by atoms with Gasteiger partial charge in [0, 0.05) is 18.6 Å². The Morgan fingerprint density at radius 2 is 1.85 bits per heavy atom. The molecule has 0 aromatic heterocycles. The zero-order chi connectivity index (χ0) is 18.6. The molecule has 2 aromatic rings. The maximum absolute atomic E-state index is 12.6. The Labute approximate surface area is 151 Å². The molecule has 136 valence electrons. The molecule has 2 aromatic carbocycles. The minimum absolute atomic E-state index is 0.0120. The second-order valence-electron chi connectivity index (χ2n) is 5.40. The number of hydrogen-bond donors (Lipinski definition) is 0. The Bertz CT molecular complexity index is 949. The number of nitriles is 1. The average molecular weight is 375 g/mol. The van der Waals surface area contributed by atoms with Gasteiger partial charge >= 0.3 is 10.1 Å². The van der Waals surface area contributed by atoms with Crippen molar-refractivity contribution < 1.29 is 26.8 Å². The number of ether oxygens (including phenoxy) is 3. The van der Waals surface area contributed by atoms with Gasteiger partial charge in [-0.3, -0.25) is 0 Å². The van der Waals surface area contributed by atoms with E-state index in [9.17, 15) is 8.42 Å². The van der Waals surface area contributed by atoms with Crippen LogP contribution >= 0.6 is 0 Å². The third-order valence-electron chi connectivity index (χ3n) is 3.58. The third-order valence-corrected chi connectivity index (χ3v) is 4.81. The fourth-order valence-corrected chi connectivity index (χ4v) is 3.34. The molecule has 1 heterocycles. The van der Waals surface area contributed by atoms with Crippen LogP contribution in [-0.2, 0) is 10.1 Å². The largest absolute Gasteiger partial charge is 0.490 e. The van der Waals surface area contributed by atoms with Crippen LogP contribution < -0.4 is 18.4 Å². The van der Waals surface area contributed by atoms with Crippen molar-refractivity contribution in [3.63, 3.8) is 0 Å². The maximum Gasteiger partial charge on any atom is 0.339 e. The summed E-state index contributed by atoms with van der Waals surface area (Å²) >= 11 is 0. The average Bonchev–Trinajstić information content (AvgIpc) is 2.88. The molecule has 3 rings (SSSR count). The van der Waals surface area contributed by atoms with Gasteiger partial charge in [-0.1, -0.05) is 0 Å². The number of rotatable bonds is 5. The second kappa shape index (κ2) is 7.54. The predicted molar refractivity (Wildman–Crippen MR) is 92.2 cm³/mol. The van der Waals surface area contributed by atoms with E-state index in [1.807, 2.05) is 6.07 Å². The van der Waals surface area contributed by atoms with Gasteiger partial charge in [-0.05, 0) is 31.2 Å². The minimum atomic E-state index is -4.12. The van der Waals surface area contributed by atoms with Gasteiger partial charge < -0.3 is 18.4 Å². The lowest BCUT2D eigenvalue weighted by Gasteiger charge is -2.13. The molecule has 0 aliphatic carbocycles. The van der Waals surface area contributed by atoms with E-state index >= 15 is 0 Å². The molecular weight excluding hydrogens is 358 g/mol. The molecule has 26 heavy (non-hydrogen) atoms. The number of nitrogens with zero attached hydrogens (tertiary/aromatic N) is 1. The highest BCUT2D eigenvalue weighted by Gasteiger charge is 2.22. The van der Waals surface area contributed by atoms with Crippen LogP contribution in [0.5, 0.6) is 23.0 Å². The maximum atomic E-state index is 12.6. The Morgan fingerprint density at radius 3 is 2.58 bits per heavy atom. The summed E-state index contributed by atoms with van der Waals surface area (Å²) in [6.07, 6.45) is 0.718. The lowest BCUT2D eigenvalue weighted by molar-refractivity contribution is 0.296. The van der Waals surface area contributed by atoms with Gasteiger partial charge in [-0.15, -0.1) is 0 Å². The Balaban J connectivity index is 1.92. The molecule has 0 saturated heterocycles. The van der Waals surface area contributed by atoms with Gasteiger partial charge in [-0.2, -0.15) is 13.7 Å². The molecule has 0 bridgehead atoms. The lowest BCUT2D eigenvalue weighted by atomic mass is 10.2. The Morgan fingerprint density at radius 1 is 1.08 bits per heavy atom. The normalized spacial score (nSPS) is 13.4. The van der Waals surface area contributed by atoms with E-state index in [0.717, 1.165) is 6.42 Å². The molecule has 8 heteroatoms. The molecule has 1 aliphatic rings. The first-order valence-electron chi connectivity index (χ1n) is 8.04. The monoisotopic (exact) mass is 375 g/mol. The fraction of sp³-hybridized carbons (Fsp3) is 0.278. The van der Waals surface area contributed by atoms with Crippen LogP contribution in [0.4, 0.5) is 0 Å². The first-order chi connectivity index (χ1) is 12.5. The number of fused-ring (bicyclic) bond motifs is 1. The predicted octanol–water partition coefficient (Wildman–Crippen LogP) is 2.89. The summed E-state index contributed by atoms with van der Waals surface area (Å²) in [6, 6.07) is 10.6. The molecule has 0 atom stereocenters. The van der Waals surface area contributed by atoms with Crippen molar-refractivity contribution in [3.8, 4) is 29.1 Å². The van der Waals surface area contributed by atoms with Crippen molar-refractivity contribution >= 4 is 10.1 Å². The molecule has 0 N–H and O–H groups in total. The van der Waals surface area contributed by atoms with Gasteiger partial charge in [-0.25, -0.2) is 0 Å². The first-order valence-corrected chi connectivity index (χ1v) is 9.45.